The molecule has 2 atom stereocenters. The van der Waals surface area contributed by atoms with Crippen molar-refractivity contribution < 1.29 is 33.8 Å². The van der Waals surface area contributed by atoms with Crippen LogP contribution in [0.25, 0.3) is 11.1 Å². The van der Waals surface area contributed by atoms with Gasteiger partial charge in [-0.3, -0.25) is 19.2 Å². The summed E-state index contributed by atoms with van der Waals surface area (Å²) in [5.74, 6) is -4.41. The molecule has 2 aromatic rings. The number of carboxylic acid groups (broad SMARTS) is 1. The Bertz CT molecular complexity index is 1140. The predicted octanol–water partition coefficient (Wildman–Crippen LogP) is -0.0433. The van der Waals surface area contributed by atoms with Crippen molar-refractivity contribution in [2.24, 2.45) is 5.92 Å². The Balaban J connectivity index is 1.20. The van der Waals surface area contributed by atoms with Crippen LogP contribution in [-0.4, -0.2) is 67.2 Å². The molecule has 1 fully saturated rings. The molecule has 1 aliphatic carbocycles. The highest BCUT2D eigenvalue weighted by molar-refractivity contribution is 5.95. The Hall–Kier alpha value is -4.41. The molecule has 0 radical (unpaired) electrons. The van der Waals surface area contributed by atoms with Crippen LogP contribution in [0.4, 0.5) is 4.79 Å². The minimum absolute atomic E-state index is 0.0878. The van der Waals surface area contributed by atoms with Crippen LogP contribution in [0.1, 0.15) is 17.0 Å². The van der Waals surface area contributed by atoms with Gasteiger partial charge in [0.15, 0.2) is 0 Å². The van der Waals surface area contributed by atoms with E-state index in [0.717, 1.165) is 22.3 Å². The summed E-state index contributed by atoms with van der Waals surface area (Å²) >= 11 is 0. The first-order chi connectivity index (χ1) is 16.8. The third-order valence-corrected chi connectivity index (χ3v) is 6.00. The van der Waals surface area contributed by atoms with Crippen molar-refractivity contribution in [3.05, 3.63) is 59.7 Å². The molecule has 2 unspecified atom stereocenters. The van der Waals surface area contributed by atoms with Crippen LogP contribution in [0.15, 0.2) is 48.5 Å². The standard InChI is InChI=1S/C24H24N4O7/c29-19(25-11-20(30)28-21-17(23(32)33)9-26-22(21)31)10-27-24(34)35-12-18-15-7-3-1-5-13(15)14-6-2-4-8-16(14)18/h1-8,17-18,21H,9-12H2,(H,25,29)(H,26,31)(H,27,34)(H,28,30)(H,32,33). The van der Waals surface area contributed by atoms with Crippen LogP contribution in [0.2, 0.25) is 0 Å². The molecule has 5 N–H and O–H groups in total. The maximum Gasteiger partial charge on any atom is 0.407 e. The first kappa shape index (κ1) is 23.7. The second-order valence-corrected chi connectivity index (χ2v) is 8.19. The van der Waals surface area contributed by atoms with E-state index in [1.54, 1.807) is 0 Å². The Labute approximate surface area is 200 Å². The number of rotatable bonds is 8. The van der Waals surface area contributed by atoms with E-state index in [4.69, 9.17) is 9.84 Å². The number of carboxylic acids is 1. The summed E-state index contributed by atoms with van der Waals surface area (Å²) in [5.41, 5.74) is 4.32. The van der Waals surface area contributed by atoms with E-state index in [0.29, 0.717) is 0 Å². The van der Waals surface area contributed by atoms with E-state index in [1.807, 2.05) is 48.5 Å². The molecule has 0 bridgehead atoms. The third kappa shape index (κ3) is 5.24. The van der Waals surface area contributed by atoms with Gasteiger partial charge in [0.05, 0.1) is 6.54 Å². The van der Waals surface area contributed by atoms with Crippen molar-refractivity contribution >= 4 is 29.8 Å². The summed E-state index contributed by atoms with van der Waals surface area (Å²) in [7, 11) is 0. The fourth-order valence-corrected chi connectivity index (χ4v) is 4.28. The number of alkyl carbamates (subject to hydrolysis) is 1. The fourth-order valence-electron chi connectivity index (χ4n) is 4.28. The van der Waals surface area contributed by atoms with Gasteiger partial charge in [0.25, 0.3) is 0 Å². The highest BCUT2D eigenvalue weighted by Gasteiger charge is 2.40. The molecule has 0 aromatic heterocycles. The maximum atomic E-state index is 12.1. The molecule has 11 nitrogen and oxygen atoms in total. The van der Waals surface area contributed by atoms with Crippen molar-refractivity contribution in [3.8, 4) is 11.1 Å². The first-order valence-corrected chi connectivity index (χ1v) is 11.0. The maximum absolute atomic E-state index is 12.1. The zero-order chi connectivity index (χ0) is 24.9. The summed E-state index contributed by atoms with van der Waals surface area (Å²) in [6.07, 6.45) is -0.779. The fraction of sp³-hybridized carbons (Fsp3) is 0.292. The van der Waals surface area contributed by atoms with Gasteiger partial charge >= 0.3 is 12.1 Å². The molecule has 11 heteroatoms. The monoisotopic (exact) mass is 480 g/mol. The third-order valence-electron chi connectivity index (χ3n) is 6.00. The molecule has 1 aliphatic heterocycles. The second-order valence-electron chi connectivity index (χ2n) is 8.19. The molecule has 1 saturated heterocycles. The molecule has 0 saturated carbocycles. The van der Waals surface area contributed by atoms with Crippen LogP contribution >= 0.6 is 0 Å². The van der Waals surface area contributed by atoms with Crippen molar-refractivity contribution in [2.75, 3.05) is 26.2 Å². The van der Waals surface area contributed by atoms with Gasteiger partial charge in [-0.05, 0) is 22.3 Å². The predicted molar refractivity (Wildman–Crippen MR) is 122 cm³/mol. The van der Waals surface area contributed by atoms with Gasteiger partial charge in [0.2, 0.25) is 17.7 Å². The lowest BCUT2D eigenvalue weighted by Crippen LogP contribution is -2.49. The van der Waals surface area contributed by atoms with Crippen LogP contribution in [0.3, 0.4) is 0 Å². The zero-order valence-corrected chi connectivity index (χ0v) is 18.6. The van der Waals surface area contributed by atoms with E-state index in [1.165, 1.54) is 0 Å². The number of benzene rings is 2. The lowest BCUT2D eigenvalue weighted by Gasteiger charge is -2.15. The molecule has 1 heterocycles. The van der Waals surface area contributed by atoms with Crippen LogP contribution in [-0.2, 0) is 23.9 Å². The molecular weight excluding hydrogens is 456 g/mol. The van der Waals surface area contributed by atoms with E-state index >= 15 is 0 Å². The van der Waals surface area contributed by atoms with Crippen molar-refractivity contribution in [1.82, 2.24) is 21.3 Å². The molecule has 182 valence electrons. The number of aliphatic carboxylic acids is 1. The molecule has 2 aromatic carbocycles. The topological polar surface area (TPSA) is 163 Å². The summed E-state index contributed by atoms with van der Waals surface area (Å²) in [6, 6.07) is 14.6. The number of nitrogens with one attached hydrogen (secondary N) is 4. The molecule has 35 heavy (non-hydrogen) atoms. The number of carbonyl (C=O) groups is 5. The largest absolute Gasteiger partial charge is 0.481 e. The average molecular weight is 480 g/mol. The van der Waals surface area contributed by atoms with E-state index in [-0.39, 0.29) is 19.1 Å². The smallest absolute Gasteiger partial charge is 0.407 e. The lowest BCUT2D eigenvalue weighted by atomic mass is 9.98. The van der Waals surface area contributed by atoms with Gasteiger partial charge in [-0.2, -0.15) is 0 Å². The number of fused-ring (bicyclic) bond motifs is 3. The number of amides is 4. The van der Waals surface area contributed by atoms with Crippen molar-refractivity contribution in [3.63, 3.8) is 0 Å². The highest BCUT2D eigenvalue weighted by atomic mass is 16.5. The minimum atomic E-state index is -1.22. The summed E-state index contributed by atoms with van der Waals surface area (Å²) in [4.78, 5) is 59.0. The summed E-state index contributed by atoms with van der Waals surface area (Å²) in [5, 5.41) is 18.4. The van der Waals surface area contributed by atoms with E-state index in [9.17, 15) is 24.0 Å². The Kier molecular flexibility index (Phi) is 6.95. The van der Waals surface area contributed by atoms with Crippen LogP contribution in [0.5, 0.6) is 0 Å². The molecule has 2 aliphatic rings. The van der Waals surface area contributed by atoms with Gasteiger partial charge in [-0.25, -0.2) is 4.79 Å². The van der Waals surface area contributed by atoms with Gasteiger partial charge in [-0.1, -0.05) is 48.5 Å². The number of carbonyl (C=O) groups excluding carboxylic acids is 4. The van der Waals surface area contributed by atoms with Gasteiger partial charge < -0.3 is 31.1 Å². The SMILES string of the molecule is O=C(CNC(=O)OCC1c2ccccc2-c2ccccc21)NCC(=O)NC1C(=O)NCC1C(=O)O. The quantitative estimate of drug-likeness (QED) is 0.354. The van der Waals surface area contributed by atoms with E-state index < -0.39 is 54.8 Å². The Morgan fingerprint density at radius 3 is 2.14 bits per heavy atom. The number of hydrogen-bond acceptors (Lipinski definition) is 6. The second kappa shape index (κ2) is 10.2. The molecule has 4 amide bonds. The molecule has 4 rings (SSSR count). The van der Waals surface area contributed by atoms with E-state index in [2.05, 4.69) is 21.3 Å². The summed E-state index contributed by atoms with van der Waals surface area (Å²) < 4.78 is 5.34. The minimum Gasteiger partial charge on any atom is -0.481 e. The van der Waals surface area contributed by atoms with Gasteiger partial charge in [0.1, 0.15) is 25.1 Å². The highest BCUT2D eigenvalue weighted by Crippen LogP contribution is 2.44. The van der Waals surface area contributed by atoms with Crippen LogP contribution in [0, 0.1) is 5.92 Å². The number of ether oxygens (including phenoxy) is 1. The average Bonchev–Trinajstić information content (AvgIpc) is 3.38. The van der Waals surface area contributed by atoms with Gasteiger partial charge in [-0.15, -0.1) is 0 Å². The van der Waals surface area contributed by atoms with Crippen molar-refractivity contribution in [2.45, 2.75) is 12.0 Å². The summed E-state index contributed by atoms with van der Waals surface area (Å²) in [6.45, 7) is -0.902. The van der Waals surface area contributed by atoms with Crippen LogP contribution < -0.4 is 21.3 Å². The first-order valence-electron chi connectivity index (χ1n) is 11.0. The Morgan fingerprint density at radius 1 is 0.914 bits per heavy atom. The normalized spacial score (nSPS) is 18.1. The van der Waals surface area contributed by atoms with Gasteiger partial charge in [0, 0.05) is 12.5 Å². The molecule has 0 spiro atoms. The Morgan fingerprint density at radius 2 is 1.51 bits per heavy atom. The lowest BCUT2D eigenvalue weighted by molar-refractivity contribution is -0.143. The zero-order valence-electron chi connectivity index (χ0n) is 18.6. The van der Waals surface area contributed by atoms with Crippen molar-refractivity contribution in [1.29, 1.82) is 0 Å². The number of hydrogen-bond donors (Lipinski definition) is 5. The molecular formula is C24H24N4O7.